The topological polar surface area (TPSA) is 77.9 Å². The molecule has 6 heteroatoms. The van der Waals surface area contributed by atoms with E-state index in [0.717, 1.165) is 42.5 Å². The van der Waals surface area contributed by atoms with E-state index >= 15 is 0 Å². The van der Waals surface area contributed by atoms with E-state index in [9.17, 15) is 0 Å². The van der Waals surface area contributed by atoms with E-state index in [1.165, 1.54) is 0 Å². The summed E-state index contributed by atoms with van der Waals surface area (Å²) in [5.41, 5.74) is 2.08. The first kappa shape index (κ1) is 13.1. The number of nitrogens with one attached hydrogen (secondary N) is 1. The minimum Gasteiger partial charge on any atom is -0.396 e. The number of aromatic amines is 1. The zero-order chi connectivity index (χ0) is 13.9. The van der Waals surface area contributed by atoms with Crippen LogP contribution >= 0.6 is 0 Å². The molecule has 1 aliphatic rings. The molecule has 1 unspecified atom stereocenters. The Morgan fingerprint density at radius 2 is 2.40 bits per heavy atom. The Hall–Kier alpha value is -1.95. The molecule has 106 valence electrons. The van der Waals surface area contributed by atoms with Crippen LogP contribution in [-0.2, 0) is 6.42 Å². The summed E-state index contributed by atoms with van der Waals surface area (Å²) < 4.78 is 0. The second kappa shape index (κ2) is 5.58. The second-order valence-corrected chi connectivity index (χ2v) is 5.19. The molecule has 1 atom stereocenters. The van der Waals surface area contributed by atoms with Gasteiger partial charge in [0.15, 0.2) is 0 Å². The zero-order valence-electron chi connectivity index (χ0n) is 11.6. The molecule has 0 amide bonds. The zero-order valence-corrected chi connectivity index (χ0v) is 11.6. The van der Waals surface area contributed by atoms with Crippen molar-refractivity contribution in [1.82, 2.24) is 20.2 Å². The highest BCUT2D eigenvalue weighted by molar-refractivity contribution is 5.40. The number of rotatable bonds is 4. The average Bonchev–Trinajstić information content (AvgIpc) is 3.07. The Balaban J connectivity index is 1.69. The highest BCUT2D eigenvalue weighted by Gasteiger charge is 2.26. The SMILES string of the molecule is Cc1nccc(N2CCC(c3cc(CCO)[nH]n3)C2)n1. The minimum atomic E-state index is 0.151. The number of aromatic nitrogens is 4. The molecular formula is C14H19N5O. The van der Waals surface area contributed by atoms with Crippen molar-refractivity contribution in [2.75, 3.05) is 24.6 Å². The van der Waals surface area contributed by atoms with Crippen molar-refractivity contribution in [2.45, 2.75) is 25.7 Å². The first-order valence-corrected chi connectivity index (χ1v) is 6.96. The smallest absolute Gasteiger partial charge is 0.132 e. The van der Waals surface area contributed by atoms with Crippen molar-refractivity contribution in [1.29, 1.82) is 0 Å². The van der Waals surface area contributed by atoms with Crippen LogP contribution in [0.4, 0.5) is 5.82 Å². The Morgan fingerprint density at radius 1 is 1.50 bits per heavy atom. The van der Waals surface area contributed by atoms with Gasteiger partial charge in [0.1, 0.15) is 11.6 Å². The molecule has 0 radical (unpaired) electrons. The summed E-state index contributed by atoms with van der Waals surface area (Å²) in [6, 6.07) is 4.02. The van der Waals surface area contributed by atoms with Gasteiger partial charge in [-0.15, -0.1) is 0 Å². The fraction of sp³-hybridized carbons (Fsp3) is 0.500. The molecule has 6 nitrogen and oxygen atoms in total. The third-order valence-electron chi connectivity index (χ3n) is 3.72. The van der Waals surface area contributed by atoms with Crippen molar-refractivity contribution in [3.63, 3.8) is 0 Å². The number of hydrogen-bond donors (Lipinski definition) is 2. The van der Waals surface area contributed by atoms with E-state index in [0.29, 0.717) is 12.3 Å². The van der Waals surface area contributed by atoms with Crippen LogP contribution < -0.4 is 4.90 Å². The maximum Gasteiger partial charge on any atom is 0.132 e. The Labute approximate surface area is 117 Å². The lowest BCUT2D eigenvalue weighted by Crippen LogP contribution is -2.20. The largest absolute Gasteiger partial charge is 0.396 e. The van der Waals surface area contributed by atoms with Crippen LogP contribution in [0.25, 0.3) is 0 Å². The van der Waals surface area contributed by atoms with Gasteiger partial charge in [-0.25, -0.2) is 9.97 Å². The molecule has 1 saturated heterocycles. The van der Waals surface area contributed by atoms with Crippen molar-refractivity contribution >= 4 is 5.82 Å². The highest BCUT2D eigenvalue weighted by atomic mass is 16.3. The van der Waals surface area contributed by atoms with Gasteiger partial charge in [-0.1, -0.05) is 0 Å². The fourth-order valence-corrected chi connectivity index (χ4v) is 2.67. The van der Waals surface area contributed by atoms with E-state index in [4.69, 9.17) is 5.11 Å². The highest BCUT2D eigenvalue weighted by Crippen LogP contribution is 2.29. The fourth-order valence-electron chi connectivity index (χ4n) is 2.67. The van der Waals surface area contributed by atoms with Crippen LogP contribution in [0.1, 0.15) is 29.6 Å². The van der Waals surface area contributed by atoms with E-state index in [-0.39, 0.29) is 6.61 Å². The maximum absolute atomic E-state index is 8.94. The Kier molecular flexibility index (Phi) is 3.64. The molecule has 0 aromatic carbocycles. The van der Waals surface area contributed by atoms with Crippen molar-refractivity contribution in [3.05, 3.63) is 35.5 Å². The normalized spacial score (nSPS) is 18.7. The molecule has 1 fully saturated rings. The molecule has 2 aromatic rings. The quantitative estimate of drug-likeness (QED) is 0.870. The summed E-state index contributed by atoms with van der Waals surface area (Å²) in [5, 5.41) is 16.3. The third-order valence-corrected chi connectivity index (χ3v) is 3.72. The number of anilines is 1. The molecule has 3 rings (SSSR count). The lowest BCUT2D eigenvalue weighted by Gasteiger charge is -2.16. The summed E-state index contributed by atoms with van der Waals surface area (Å²) >= 11 is 0. The molecule has 2 aromatic heterocycles. The number of hydrogen-bond acceptors (Lipinski definition) is 5. The average molecular weight is 273 g/mol. The number of aliphatic hydroxyl groups is 1. The van der Waals surface area contributed by atoms with Gasteiger partial charge in [-0.2, -0.15) is 5.10 Å². The Morgan fingerprint density at radius 3 is 3.20 bits per heavy atom. The van der Waals surface area contributed by atoms with Gasteiger partial charge in [0.25, 0.3) is 0 Å². The summed E-state index contributed by atoms with van der Waals surface area (Å²) in [6.45, 7) is 3.98. The lowest BCUT2D eigenvalue weighted by atomic mass is 10.0. The lowest BCUT2D eigenvalue weighted by molar-refractivity contribution is 0.298. The minimum absolute atomic E-state index is 0.151. The van der Waals surface area contributed by atoms with Gasteiger partial charge in [0.05, 0.1) is 5.69 Å². The van der Waals surface area contributed by atoms with Gasteiger partial charge in [0.2, 0.25) is 0 Å². The van der Waals surface area contributed by atoms with Gasteiger partial charge in [0, 0.05) is 43.9 Å². The van der Waals surface area contributed by atoms with Crippen LogP contribution in [0.5, 0.6) is 0 Å². The maximum atomic E-state index is 8.94. The molecule has 0 saturated carbocycles. The molecule has 0 bridgehead atoms. The first-order valence-electron chi connectivity index (χ1n) is 6.96. The number of H-pyrrole nitrogens is 1. The second-order valence-electron chi connectivity index (χ2n) is 5.19. The van der Waals surface area contributed by atoms with Crippen LogP contribution in [0, 0.1) is 6.92 Å². The summed E-state index contributed by atoms with van der Waals surface area (Å²) in [7, 11) is 0. The molecule has 3 heterocycles. The van der Waals surface area contributed by atoms with Crippen molar-refractivity contribution in [2.24, 2.45) is 0 Å². The Bertz CT molecular complexity index is 582. The van der Waals surface area contributed by atoms with Crippen LogP contribution in [0.3, 0.4) is 0 Å². The monoisotopic (exact) mass is 273 g/mol. The van der Waals surface area contributed by atoms with E-state index in [1.54, 1.807) is 6.20 Å². The predicted molar refractivity (Wildman–Crippen MR) is 75.7 cm³/mol. The van der Waals surface area contributed by atoms with E-state index in [1.807, 2.05) is 13.0 Å². The van der Waals surface area contributed by atoms with Crippen molar-refractivity contribution in [3.8, 4) is 0 Å². The molecule has 0 spiro atoms. The summed E-state index contributed by atoms with van der Waals surface area (Å²) in [5.74, 6) is 2.22. The third kappa shape index (κ3) is 2.65. The summed E-state index contributed by atoms with van der Waals surface area (Å²) in [6.07, 6.45) is 3.51. The van der Waals surface area contributed by atoms with E-state index < -0.39 is 0 Å². The van der Waals surface area contributed by atoms with Gasteiger partial charge in [-0.3, -0.25) is 5.10 Å². The number of aryl methyl sites for hydroxylation is 1. The first-order chi connectivity index (χ1) is 9.76. The molecule has 20 heavy (non-hydrogen) atoms. The van der Waals surface area contributed by atoms with E-state index in [2.05, 4.69) is 31.1 Å². The number of nitrogens with zero attached hydrogens (tertiary/aromatic N) is 4. The summed E-state index contributed by atoms with van der Waals surface area (Å²) in [4.78, 5) is 10.9. The standard InChI is InChI=1S/C14H19N5O/c1-10-15-5-2-14(16-10)19-6-3-11(9-19)13-8-12(4-7-20)17-18-13/h2,5,8,11,20H,3-4,6-7,9H2,1H3,(H,17,18). The van der Waals surface area contributed by atoms with Crippen molar-refractivity contribution < 1.29 is 5.11 Å². The molecule has 1 aliphatic heterocycles. The molecule has 2 N–H and O–H groups in total. The van der Waals surface area contributed by atoms with Gasteiger partial charge < -0.3 is 10.0 Å². The molecular weight excluding hydrogens is 254 g/mol. The number of aliphatic hydroxyl groups excluding tert-OH is 1. The van der Waals surface area contributed by atoms with Gasteiger partial charge in [-0.05, 0) is 25.5 Å². The predicted octanol–water partition coefficient (Wildman–Crippen LogP) is 1.04. The van der Waals surface area contributed by atoms with Crippen LogP contribution in [0.15, 0.2) is 18.3 Å². The van der Waals surface area contributed by atoms with Crippen LogP contribution in [-0.4, -0.2) is 45.0 Å². The van der Waals surface area contributed by atoms with Gasteiger partial charge >= 0.3 is 0 Å². The molecule has 0 aliphatic carbocycles. The van der Waals surface area contributed by atoms with Crippen LogP contribution in [0.2, 0.25) is 0 Å².